The molecule has 1 atom stereocenters. The van der Waals surface area contributed by atoms with E-state index in [2.05, 4.69) is 10.6 Å². The van der Waals surface area contributed by atoms with E-state index in [9.17, 15) is 14.7 Å². The molecule has 3 rings (SSSR count). The van der Waals surface area contributed by atoms with Crippen LogP contribution in [0.3, 0.4) is 0 Å². The third kappa shape index (κ3) is 5.83. The van der Waals surface area contributed by atoms with E-state index >= 15 is 0 Å². The molecule has 7 heteroatoms. The predicted molar refractivity (Wildman–Crippen MR) is 112 cm³/mol. The molecule has 0 aliphatic heterocycles. The van der Waals surface area contributed by atoms with Gasteiger partial charge in [-0.2, -0.15) is 0 Å². The van der Waals surface area contributed by atoms with E-state index in [0.29, 0.717) is 17.0 Å². The van der Waals surface area contributed by atoms with Crippen LogP contribution in [0.2, 0.25) is 0 Å². The molecule has 0 bridgehead atoms. The summed E-state index contributed by atoms with van der Waals surface area (Å²) in [6.45, 7) is -0.262. The minimum absolute atomic E-state index is 0.0611. The molecule has 0 fully saturated rings. The number of amides is 2. The van der Waals surface area contributed by atoms with Gasteiger partial charge in [0.15, 0.2) is 6.61 Å². The lowest BCUT2D eigenvalue weighted by Crippen LogP contribution is -2.27. The third-order valence-corrected chi connectivity index (χ3v) is 4.38. The Kier molecular flexibility index (Phi) is 7.02. The van der Waals surface area contributed by atoms with Crippen LogP contribution in [0.4, 0.5) is 10.5 Å². The minimum Gasteiger partial charge on any atom is -0.484 e. The van der Waals surface area contributed by atoms with E-state index in [0.717, 1.165) is 11.1 Å². The zero-order valence-electron chi connectivity index (χ0n) is 16.1. The molecule has 0 radical (unpaired) electrons. The molecule has 3 aromatic rings. The molecule has 4 N–H and O–H groups in total. The summed E-state index contributed by atoms with van der Waals surface area (Å²) in [5.74, 6) is 0.117. The van der Waals surface area contributed by atoms with E-state index in [1.165, 1.54) is 0 Å². The topological polar surface area (TPSA) is 108 Å². The molecule has 154 valence electrons. The van der Waals surface area contributed by atoms with Gasteiger partial charge in [0, 0.05) is 5.69 Å². The van der Waals surface area contributed by atoms with Gasteiger partial charge in [0.1, 0.15) is 5.75 Å². The number of ether oxygens (including phenoxy) is 1. The smallest absolute Gasteiger partial charge is 0.405 e. The molecule has 0 unspecified atom stereocenters. The van der Waals surface area contributed by atoms with Crippen molar-refractivity contribution in [3.63, 3.8) is 0 Å². The number of nitrogens with one attached hydrogen (secondary N) is 2. The van der Waals surface area contributed by atoms with Crippen LogP contribution in [0.25, 0.3) is 0 Å². The van der Waals surface area contributed by atoms with Crippen LogP contribution in [0, 0.1) is 0 Å². The van der Waals surface area contributed by atoms with Gasteiger partial charge in [-0.05, 0) is 41.0 Å². The summed E-state index contributed by atoms with van der Waals surface area (Å²) < 4.78 is 5.59. The van der Waals surface area contributed by atoms with Crippen LogP contribution >= 0.6 is 0 Å². The van der Waals surface area contributed by atoms with Crippen molar-refractivity contribution in [1.29, 1.82) is 0 Å². The quantitative estimate of drug-likeness (QED) is 0.458. The van der Waals surface area contributed by atoms with Gasteiger partial charge in [0.2, 0.25) is 0 Å². The highest BCUT2D eigenvalue weighted by molar-refractivity contribution is 5.91. The van der Waals surface area contributed by atoms with Crippen molar-refractivity contribution >= 4 is 17.7 Å². The van der Waals surface area contributed by atoms with E-state index in [-0.39, 0.29) is 19.1 Å². The largest absolute Gasteiger partial charge is 0.484 e. The number of hydrogen-bond acceptors (Lipinski definition) is 4. The fourth-order valence-corrected chi connectivity index (χ4v) is 2.95. The highest BCUT2D eigenvalue weighted by atomic mass is 16.5. The summed E-state index contributed by atoms with van der Waals surface area (Å²) >= 11 is 0. The number of aliphatic hydroxyl groups is 1. The van der Waals surface area contributed by atoms with E-state index < -0.39 is 12.1 Å². The number of rotatable bonds is 8. The Morgan fingerprint density at radius 2 is 1.60 bits per heavy atom. The van der Waals surface area contributed by atoms with Gasteiger partial charge in [0.25, 0.3) is 5.91 Å². The number of aliphatic hydroxyl groups excluding tert-OH is 1. The SMILES string of the molecule is O=C(O)N[C@@H](c1ccccc1)c1cccc(OCC(=O)Nc2ccc(CO)cc2)c1. The van der Waals surface area contributed by atoms with Crippen molar-refractivity contribution in [3.05, 3.63) is 95.6 Å². The average Bonchev–Trinajstić information content (AvgIpc) is 2.77. The summed E-state index contributed by atoms with van der Waals surface area (Å²) in [5, 5.41) is 23.5. The molecule has 2 amide bonds. The number of hydrogen-bond donors (Lipinski definition) is 4. The average molecular weight is 406 g/mol. The summed E-state index contributed by atoms with van der Waals surface area (Å²) in [6.07, 6.45) is -1.14. The maximum atomic E-state index is 12.2. The second-order valence-corrected chi connectivity index (χ2v) is 6.56. The molecule has 0 saturated carbocycles. The molecule has 0 aliphatic rings. The van der Waals surface area contributed by atoms with E-state index in [4.69, 9.17) is 9.84 Å². The standard InChI is InChI=1S/C23H22N2O5/c26-14-16-9-11-19(12-10-16)24-21(27)15-30-20-8-4-7-18(13-20)22(25-23(28)29)17-5-2-1-3-6-17/h1-13,22,25-26H,14-15H2,(H,24,27)(H,28,29)/t22-/m0/s1. The van der Waals surface area contributed by atoms with Crippen molar-refractivity contribution < 1.29 is 24.5 Å². The molecule has 0 saturated heterocycles. The van der Waals surface area contributed by atoms with Gasteiger partial charge in [-0.25, -0.2) is 4.79 Å². The number of anilines is 1. The van der Waals surface area contributed by atoms with Crippen molar-refractivity contribution in [1.82, 2.24) is 5.32 Å². The van der Waals surface area contributed by atoms with Crippen LogP contribution < -0.4 is 15.4 Å². The van der Waals surface area contributed by atoms with E-state index in [1.807, 2.05) is 30.3 Å². The Hall–Kier alpha value is -3.84. The summed E-state index contributed by atoms with van der Waals surface area (Å²) in [7, 11) is 0. The molecule has 3 aromatic carbocycles. The second kappa shape index (κ2) is 10.1. The molecular formula is C23H22N2O5. The predicted octanol–water partition coefficient (Wildman–Crippen LogP) is 3.55. The van der Waals surface area contributed by atoms with E-state index in [1.54, 1.807) is 48.5 Å². The Balaban J connectivity index is 1.66. The first-order chi connectivity index (χ1) is 14.5. The van der Waals surface area contributed by atoms with Gasteiger partial charge >= 0.3 is 6.09 Å². The first kappa shape index (κ1) is 20.9. The molecule has 7 nitrogen and oxygen atoms in total. The number of carbonyl (C=O) groups is 2. The first-order valence-corrected chi connectivity index (χ1v) is 9.32. The maximum absolute atomic E-state index is 12.2. The number of carbonyl (C=O) groups excluding carboxylic acids is 1. The van der Waals surface area contributed by atoms with Gasteiger partial charge in [0.05, 0.1) is 12.6 Å². The van der Waals surface area contributed by atoms with Crippen molar-refractivity contribution in [2.75, 3.05) is 11.9 Å². The third-order valence-electron chi connectivity index (χ3n) is 4.38. The number of benzene rings is 3. The van der Waals surface area contributed by atoms with Crippen LogP contribution in [-0.4, -0.2) is 28.8 Å². The Morgan fingerprint density at radius 3 is 2.27 bits per heavy atom. The zero-order valence-corrected chi connectivity index (χ0v) is 16.1. The fraction of sp³-hybridized carbons (Fsp3) is 0.130. The van der Waals surface area contributed by atoms with Gasteiger partial charge < -0.3 is 25.6 Å². The van der Waals surface area contributed by atoms with Crippen molar-refractivity contribution in [2.24, 2.45) is 0 Å². The van der Waals surface area contributed by atoms with Crippen LogP contribution in [0.15, 0.2) is 78.9 Å². The van der Waals surface area contributed by atoms with Gasteiger partial charge in [-0.15, -0.1) is 0 Å². The molecule has 0 heterocycles. The molecular weight excluding hydrogens is 384 g/mol. The lowest BCUT2D eigenvalue weighted by atomic mass is 9.99. The minimum atomic E-state index is -1.14. The Bertz CT molecular complexity index is 990. The lowest BCUT2D eigenvalue weighted by Gasteiger charge is -2.19. The van der Waals surface area contributed by atoms with Gasteiger partial charge in [-0.1, -0.05) is 54.6 Å². The highest BCUT2D eigenvalue weighted by Gasteiger charge is 2.17. The highest BCUT2D eigenvalue weighted by Crippen LogP contribution is 2.25. The lowest BCUT2D eigenvalue weighted by molar-refractivity contribution is -0.118. The first-order valence-electron chi connectivity index (χ1n) is 9.32. The zero-order chi connectivity index (χ0) is 21.3. The Labute approximate surface area is 173 Å². The fourth-order valence-electron chi connectivity index (χ4n) is 2.95. The molecule has 0 spiro atoms. The molecule has 0 aromatic heterocycles. The maximum Gasteiger partial charge on any atom is 0.405 e. The molecule has 0 aliphatic carbocycles. The van der Waals surface area contributed by atoms with Crippen molar-refractivity contribution in [3.8, 4) is 5.75 Å². The van der Waals surface area contributed by atoms with Gasteiger partial charge in [-0.3, -0.25) is 4.79 Å². The summed E-state index contributed by atoms with van der Waals surface area (Å²) in [4.78, 5) is 23.4. The summed E-state index contributed by atoms with van der Waals surface area (Å²) in [6, 6.07) is 22.4. The normalized spacial score (nSPS) is 11.4. The molecule has 30 heavy (non-hydrogen) atoms. The second-order valence-electron chi connectivity index (χ2n) is 6.56. The summed E-state index contributed by atoms with van der Waals surface area (Å²) in [5.41, 5.74) is 2.84. The van der Waals surface area contributed by atoms with Crippen LogP contribution in [0.1, 0.15) is 22.7 Å². The Morgan fingerprint density at radius 1 is 0.900 bits per heavy atom. The van der Waals surface area contributed by atoms with Crippen LogP contribution in [0.5, 0.6) is 5.75 Å². The van der Waals surface area contributed by atoms with Crippen LogP contribution in [-0.2, 0) is 11.4 Å². The number of carboxylic acid groups (broad SMARTS) is 1. The monoisotopic (exact) mass is 406 g/mol. The van der Waals surface area contributed by atoms with Crippen molar-refractivity contribution in [2.45, 2.75) is 12.6 Å².